The zero-order valence-electron chi connectivity index (χ0n) is 19.1. The summed E-state index contributed by atoms with van der Waals surface area (Å²) in [6.45, 7) is 6.26. The van der Waals surface area contributed by atoms with Crippen molar-refractivity contribution in [2.24, 2.45) is 0 Å². The Morgan fingerprint density at radius 3 is 2.46 bits per heavy atom. The van der Waals surface area contributed by atoms with E-state index in [1.165, 1.54) is 6.07 Å². The monoisotopic (exact) mass is 530 g/mol. The van der Waals surface area contributed by atoms with E-state index in [4.69, 9.17) is 23.2 Å². The van der Waals surface area contributed by atoms with Gasteiger partial charge in [0.1, 0.15) is 10.7 Å². The molecular formula is C25H21Cl2FN4O2S. The van der Waals surface area contributed by atoms with Crippen LogP contribution >= 0.6 is 35.0 Å². The standard InChI is InChI=1S/C25H21Cl2FN4O2S/c1-4-31-23(16-5-7-18(26)8-6-16)29-30-25(31)35-22(24(33)34)12-17-11-14(2)32(15(17)3)19-9-10-21(28)20(27)13-19/h5-13H,4H2,1-3H3,(H,33,34)/b22-12-. The molecule has 0 fully saturated rings. The molecule has 0 amide bonds. The summed E-state index contributed by atoms with van der Waals surface area (Å²) in [6, 6.07) is 13.6. The fourth-order valence-electron chi connectivity index (χ4n) is 3.79. The molecule has 2 aromatic carbocycles. The van der Waals surface area contributed by atoms with Gasteiger partial charge in [0.25, 0.3) is 0 Å². The predicted molar refractivity (Wildman–Crippen MR) is 138 cm³/mol. The fraction of sp³-hybridized carbons (Fsp3) is 0.160. The molecule has 0 spiro atoms. The Morgan fingerprint density at radius 1 is 1.11 bits per heavy atom. The van der Waals surface area contributed by atoms with E-state index in [-0.39, 0.29) is 9.93 Å². The van der Waals surface area contributed by atoms with Gasteiger partial charge in [0.05, 0.1) is 5.02 Å². The van der Waals surface area contributed by atoms with Gasteiger partial charge in [0.15, 0.2) is 11.0 Å². The average molecular weight is 531 g/mol. The molecule has 0 unspecified atom stereocenters. The fourth-order valence-corrected chi connectivity index (χ4v) is 4.97. The lowest BCUT2D eigenvalue weighted by atomic mass is 10.2. The van der Waals surface area contributed by atoms with Crippen LogP contribution in [0.4, 0.5) is 4.39 Å². The molecule has 0 saturated heterocycles. The molecule has 0 saturated carbocycles. The van der Waals surface area contributed by atoms with Crippen LogP contribution in [-0.2, 0) is 11.3 Å². The van der Waals surface area contributed by atoms with Crippen molar-refractivity contribution in [3.05, 3.63) is 86.2 Å². The number of carbonyl (C=O) groups is 1. The van der Waals surface area contributed by atoms with E-state index >= 15 is 0 Å². The first-order valence-corrected chi connectivity index (χ1v) is 12.2. The Morgan fingerprint density at radius 2 is 1.83 bits per heavy atom. The lowest BCUT2D eigenvalue weighted by Crippen LogP contribution is -2.03. The molecule has 0 radical (unpaired) electrons. The van der Waals surface area contributed by atoms with Gasteiger partial charge < -0.3 is 14.2 Å². The van der Waals surface area contributed by atoms with Crippen LogP contribution in [-0.4, -0.2) is 30.4 Å². The molecule has 2 heterocycles. The summed E-state index contributed by atoms with van der Waals surface area (Å²) >= 11 is 13.0. The van der Waals surface area contributed by atoms with Crippen molar-refractivity contribution in [3.63, 3.8) is 0 Å². The van der Waals surface area contributed by atoms with Crippen molar-refractivity contribution < 1.29 is 14.3 Å². The largest absolute Gasteiger partial charge is 0.477 e. The minimum Gasteiger partial charge on any atom is -0.477 e. The van der Waals surface area contributed by atoms with Crippen molar-refractivity contribution in [2.45, 2.75) is 32.5 Å². The van der Waals surface area contributed by atoms with E-state index in [1.807, 2.05) is 48.1 Å². The third-order valence-electron chi connectivity index (χ3n) is 5.47. The van der Waals surface area contributed by atoms with Crippen LogP contribution in [0.2, 0.25) is 10.0 Å². The highest BCUT2D eigenvalue weighted by Gasteiger charge is 2.20. The van der Waals surface area contributed by atoms with E-state index in [2.05, 4.69) is 10.2 Å². The molecular weight excluding hydrogens is 510 g/mol. The maximum Gasteiger partial charge on any atom is 0.342 e. The van der Waals surface area contributed by atoms with E-state index in [9.17, 15) is 14.3 Å². The second-order valence-corrected chi connectivity index (χ2v) is 9.59. The first-order chi connectivity index (χ1) is 16.7. The highest BCUT2D eigenvalue weighted by Crippen LogP contribution is 2.32. The number of benzene rings is 2. The molecule has 4 aromatic rings. The summed E-state index contributed by atoms with van der Waals surface area (Å²) in [5.74, 6) is -0.952. The van der Waals surface area contributed by atoms with Gasteiger partial charge in [-0.25, -0.2) is 9.18 Å². The normalized spacial score (nSPS) is 11.8. The van der Waals surface area contributed by atoms with Crippen LogP contribution in [0.5, 0.6) is 0 Å². The number of hydrogen-bond acceptors (Lipinski definition) is 4. The van der Waals surface area contributed by atoms with Crippen molar-refractivity contribution in [1.82, 2.24) is 19.3 Å². The Bertz CT molecular complexity index is 1440. The molecule has 180 valence electrons. The Labute approximate surface area is 216 Å². The highest BCUT2D eigenvalue weighted by molar-refractivity contribution is 8.04. The smallest absolute Gasteiger partial charge is 0.342 e. The number of nitrogens with zero attached hydrogens (tertiary/aromatic N) is 4. The molecule has 0 aliphatic carbocycles. The summed E-state index contributed by atoms with van der Waals surface area (Å²) in [6.07, 6.45) is 1.60. The number of carboxylic acids is 1. The van der Waals surface area contributed by atoms with Gasteiger partial charge in [0, 0.05) is 34.2 Å². The van der Waals surface area contributed by atoms with Crippen molar-refractivity contribution in [3.8, 4) is 17.1 Å². The molecule has 0 bridgehead atoms. The van der Waals surface area contributed by atoms with E-state index in [0.29, 0.717) is 33.8 Å². The number of thioether (sulfide) groups is 1. The number of aryl methyl sites for hydroxylation is 1. The van der Waals surface area contributed by atoms with Gasteiger partial charge in [-0.1, -0.05) is 23.2 Å². The zero-order valence-corrected chi connectivity index (χ0v) is 21.4. The van der Waals surface area contributed by atoms with Gasteiger partial charge in [-0.2, -0.15) is 0 Å². The highest BCUT2D eigenvalue weighted by atomic mass is 35.5. The molecule has 2 aromatic heterocycles. The van der Waals surface area contributed by atoms with Crippen LogP contribution < -0.4 is 0 Å². The van der Waals surface area contributed by atoms with E-state index in [0.717, 1.165) is 28.7 Å². The van der Waals surface area contributed by atoms with E-state index in [1.54, 1.807) is 30.3 Å². The molecule has 0 aliphatic rings. The molecule has 35 heavy (non-hydrogen) atoms. The molecule has 4 rings (SSSR count). The maximum atomic E-state index is 13.6. The molecule has 0 atom stereocenters. The average Bonchev–Trinajstić information content (AvgIpc) is 3.35. The lowest BCUT2D eigenvalue weighted by molar-refractivity contribution is -0.131. The summed E-state index contributed by atoms with van der Waals surface area (Å²) < 4.78 is 17.4. The molecule has 10 heteroatoms. The number of rotatable bonds is 7. The second-order valence-electron chi connectivity index (χ2n) is 7.73. The summed E-state index contributed by atoms with van der Waals surface area (Å²) in [7, 11) is 0. The van der Waals surface area contributed by atoms with Gasteiger partial charge in [-0.15, -0.1) is 10.2 Å². The first kappa shape index (κ1) is 25.0. The van der Waals surface area contributed by atoms with Gasteiger partial charge in [-0.3, -0.25) is 0 Å². The Kier molecular flexibility index (Phi) is 7.35. The van der Waals surface area contributed by atoms with Crippen LogP contribution in [0.15, 0.2) is 58.6 Å². The van der Waals surface area contributed by atoms with Gasteiger partial charge in [-0.05, 0) is 92.7 Å². The molecule has 1 N–H and O–H groups in total. The lowest BCUT2D eigenvalue weighted by Gasteiger charge is -2.10. The van der Waals surface area contributed by atoms with Crippen molar-refractivity contribution in [1.29, 1.82) is 0 Å². The predicted octanol–water partition coefficient (Wildman–Crippen LogP) is 7.04. The third-order valence-corrected chi connectivity index (χ3v) is 7.00. The van der Waals surface area contributed by atoms with Crippen LogP contribution in [0.3, 0.4) is 0 Å². The molecule has 6 nitrogen and oxygen atoms in total. The maximum absolute atomic E-state index is 13.6. The third kappa shape index (κ3) is 5.15. The Balaban J connectivity index is 1.71. The topological polar surface area (TPSA) is 72.9 Å². The number of aliphatic carboxylic acids is 1. The van der Waals surface area contributed by atoms with Crippen molar-refractivity contribution in [2.75, 3.05) is 0 Å². The minimum atomic E-state index is -1.08. The van der Waals surface area contributed by atoms with E-state index < -0.39 is 11.8 Å². The molecule has 0 aliphatic heterocycles. The van der Waals surface area contributed by atoms with Crippen LogP contribution in [0, 0.1) is 19.7 Å². The summed E-state index contributed by atoms with van der Waals surface area (Å²) in [5, 5.41) is 19.6. The minimum absolute atomic E-state index is 0.0178. The van der Waals surface area contributed by atoms with Gasteiger partial charge >= 0.3 is 5.97 Å². The number of halogens is 3. The Hall–Kier alpha value is -3.07. The van der Waals surface area contributed by atoms with Crippen LogP contribution in [0.25, 0.3) is 23.2 Å². The zero-order chi connectivity index (χ0) is 25.3. The second kappa shape index (κ2) is 10.3. The van der Waals surface area contributed by atoms with Crippen molar-refractivity contribution >= 4 is 47.0 Å². The number of hydrogen-bond donors (Lipinski definition) is 1. The quantitative estimate of drug-likeness (QED) is 0.205. The SMILES string of the molecule is CCn1c(S/C(=C\c2cc(C)n(-c3ccc(F)c(Cl)c3)c2C)C(=O)O)nnc1-c1ccc(Cl)cc1. The van der Waals surface area contributed by atoms with Gasteiger partial charge in [0.2, 0.25) is 0 Å². The number of aromatic nitrogens is 4. The van der Waals surface area contributed by atoms with Crippen LogP contribution in [0.1, 0.15) is 23.9 Å². The number of carboxylic acid groups (broad SMARTS) is 1. The summed E-state index contributed by atoms with van der Waals surface area (Å²) in [4.78, 5) is 12.2. The summed E-state index contributed by atoms with van der Waals surface area (Å²) in [5.41, 5.74) is 3.89. The first-order valence-electron chi connectivity index (χ1n) is 10.7.